The normalized spacial score (nSPS) is 34.5. The third-order valence-electron chi connectivity index (χ3n) is 2.88. The Labute approximate surface area is 80.7 Å². The molecule has 2 heteroatoms. The minimum Gasteiger partial charge on any atom is -0.375 e. The fraction of sp³-hybridized carbons (Fsp3) is 0.909. The van der Waals surface area contributed by atoms with Gasteiger partial charge >= 0.3 is 0 Å². The predicted octanol–water partition coefficient (Wildman–Crippen LogP) is 2.56. The van der Waals surface area contributed by atoms with Gasteiger partial charge in [0.25, 0.3) is 0 Å². The smallest absolute Gasteiger partial charge is 0.123 e. The molecule has 2 unspecified atom stereocenters. The Kier molecular flexibility index (Phi) is 3.91. The Bertz CT molecular complexity index is 167. The first-order valence-electron chi connectivity index (χ1n) is 5.29. The largest absolute Gasteiger partial charge is 0.375 e. The average Bonchev–Trinajstić information content (AvgIpc) is 2.15. The zero-order valence-electron chi connectivity index (χ0n) is 8.71. The third kappa shape index (κ3) is 3.11. The number of unbranched alkanes of at least 4 members (excludes halogenated alkanes) is 1. The van der Waals surface area contributed by atoms with Crippen LogP contribution in [-0.2, 0) is 9.53 Å². The zero-order valence-corrected chi connectivity index (χ0v) is 8.71. The lowest BCUT2D eigenvalue weighted by atomic mass is 9.84. The van der Waals surface area contributed by atoms with Crippen LogP contribution in [0.3, 0.4) is 0 Å². The second-order valence-corrected chi connectivity index (χ2v) is 4.29. The van der Waals surface area contributed by atoms with E-state index in [1.54, 1.807) is 0 Å². The first kappa shape index (κ1) is 10.7. The first-order chi connectivity index (χ1) is 6.20. The molecular formula is C11H20O2. The lowest BCUT2D eigenvalue weighted by Crippen LogP contribution is -2.37. The highest BCUT2D eigenvalue weighted by molar-refractivity contribution is 5.53. The summed E-state index contributed by atoms with van der Waals surface area (Å²) in [5.41, 5.74) is -0.0279. The molecule has 0 bridgehead atoms. The number of hydrogen-bond acceptors (Lipinski definition) is 2. The van der Waals surface area contributed by atoms with E-state index < -0.39 is 0 Å². The van der Waals surface area contributed by atoms with Crippen LogP contribution in [0.25, 0.3) is 0 Å². The monoisotopic (exact) mass is 184 g/mol. The van der Waals surface area contributed by atoms with Crippen molar-refractivity contribution in [2.45, 2.75) is 51.6 Å². The van der Waals surface area contributed by atoms with Crippen molar-refractivity contribution in [2.24, 2.45) is 5.92 Å². The molecule has 2 nitrogen and oxygen atoms in total. The summed E-state index contributed by atoms with van der Waals surface area (Å²) >= 11 is 0. The number of ether oxygens (including phenoxy) is 1. The lowest BCUT2D eigenvalue weighted by Gasteiger charge is -2.36. The number of hydrogen-bond donors (Lipinski definition) is 0. The molecule has 1 rings (SSSR count). The Hall–Kier alpha value is -0.370. The van der Waals surface area contributed by atoms with Gasteiger partial charge in [0, 0.05) is 12.5 Å². The van der Waals surface area contributed by atoms with E-state index in [1.165, 1.54) is 12.8 Å². The summed E-state index contributed by atoms with van der Waals surface area (Å²) in [5.74, 6) is 0.232. The van der Waals surface area contributed by atoms with Gasteiger partial charge in [0.2, 0.25) is 0 Å². The predicted molar refractivity (Wildman–Crippen MR) is 52.7 cm³/mol. The van der Waals surface area contributed by atoms with Gasteiger partial charge in [0.15, 0.2) is 0 Å². The van der Waals surface area contributed by atoms with Crippen molar-refractivity contribution in [3.63, 3.8) is 0 Å². The van der Waals surface area contributed by atoms with Gasteiger partial charge in [-0.3, -0.25) is 0 Å². The van der Waals surface area contributed by atoms with Gasteiger partial charge in [-0.1, -0.05) is 19.8 Å². The summed E-state index contributed by atoms with van der Waals surface area (Å²) in [6.45, 7) is 5.07. The molecule has 0 saturated carbocycles. The molecule has 1 saturated heterocycles. The van der Waals surface area contributed by atoms with E-state index in [0.29, 0.717) is 0 Å². The van der Waals surface area contributed by atoms with E-state index in [1.807, 2.05) is 0 Å². The number of aldehydes is 1. The summed E-state index contributed by atoms with van der Waals surface area (Å²) in [6.07, 6.45) is 6.40. The van der Waals surface area contributed by atoms with Crippen LogP contribution < -0.4 is 0 Å². The fourth-order valence-corrected chi connectivity index (χ4v) is 2.01. The summed E-state index contributed by atoms with van der Waals surface area (Å²) in [6, 6.07) is 0. The number of carbonyl (C=O) groups is 1. The molecule has 0 aromatic rings. The highest BCUT2D eigenvalue weighted by Gasteiger charge is 2.32. The Morgan fingerprint density at radius 3 is 3.00 bits per heavy atom. The summed E-state index contributed by atoms with van der Waals surface area (Å²) < 4.78 is 5.74. The van der Waals surface area contributed by atoms with Crippen LogP contribution in [-0.4, -0.2) is 18.5 Å². The van der Waals surface area contributed by atoms with Gasteiger partial charge in [-0.05, 0) is 26.2 Å². The van der Waals surface area contributed by atoms with E-state index in [2.05, 4.69) is 13.8 Å². The van der Waals surface area contributed by atoms with Crippen molar-refractivity contribution < 1.29 is 9.53 Å². The number of carbonyl (C=O) groups excluding carboxylic acids is 1. The minimum atomic E-state index is -0.0279. The van der Waals surface area contributed by atoms with Crippen molar-refractivity contribution in [3.05, 3.63) is 0 Å². The summed E-state index contributed by atoms with van der Waals surface area (Å²) in [4.78, 5) is 10.7. The van der Waals surface area contributed by atoms with Crippen LogP contribution in [0.1, 0.15) is 46.0 Å². The van der Waals surface area contributed by atoms with E-state index in [9.17, 15) is 4.79 Å². The molecule has 1 aliphatic heterocycles. The molecule has 0 spiro atoms. The van der Waals surface area contributed by atoms with Crippen LogP contribution in [0.2, 0.25) is 0 Å². The van der Waals surface area contributed by atoms with Crippen LogP contribution in [0, 0.1) is 5.92 Å². The highest BCUT2D eigenvalue weighted by atomic mass is 16.5. The maximum Gasteiger partial charge on any atom is 0.123 e. The molecule has 0 aromatic carbocycles. The van der Waals surface area contributed by atoms with Crippen LogP contribution in [0.4, 0.5) is 0 Å². The van der Waals surface area contributed by atoms with E-state index in [4.69, 9.17) is 4.74 Å². The summed E-state index contributed by atoms with van der Waals surface area (Å²) in [7, 11) is 0. The summed E-state index contributed by atoms with van der Waals surface area (Å²) in [5, 5.41) is 0. The van der Waals surface area contributed by atoms with Gasteiger partial charge in [-0.2, -0.15) is 0 Å². The van der Waals surface area contributed by atoms with Crippen molar-refractivity contribution >= 4 is 6.29 Å². The topological polar surface area (TPSA) is 26.3 Å². The Morgan fingerprint density at radius 2 is 2.38 bits per heavy atom. The van der Waals surface area contributed by atoms with Crippen molar-refractivity contribution in [1.29, 1.82) is 0 Å². The highest BCUT2D eigenvalue weighted by Crippen LogP contribution is 2.32. The molecule has 0 aliphatic carbocycles. The van der Waals surface area contributed by atoms with Crippen molar-refractivity contribution in [2.75, 3.05) is 6.61 Å². The molecule has 1 aliphatic rings. The number of rotatable bonds is 4. The Balaban J connectivity index is 2.42. The van der Waals surface area contributed by atoms with E-state index >= 15 is 0 Å². The van der Waals surface area contributed by atoms with Gasteiger partial charge in [-0.15, -0.1) is 0 Å². The van der Waals surface area contributed by atoms with Crippen molar-refractivity contribution in [1.82, 2.24) is 0 Å². The van der Waals surface area contributed by atoms with Crippen LogP contribution in [0.5, 0.6) is 0 Å². The van der Waals surface area contributed by atoms with Gasteiger partial charge in [0.1, 0.15) is 6.29 Å². The molecule has 1 fully saturated rings. The van der Waals surface area contributed by atoms with Gasteiger partial charge in [0.05, 0.1) is 5.60 Å². The van der Waals surface area contributed by atoms with E-state index in [-0.39, 0.29) is 11.5 Å². The second-order valence-electron chi connectivity index (χ2n) is 4.29. The molecule has 0 aromatic heterocycles. The third-order valence-corrected chi connectivity index (χ3v) is 2.88. The Morgan fingerprint density at radius 1 is 1.62 bits per heavy atom. The molecule has 76 valence electrons. The molecule has 0 amide bonds. The van der Waals surface area contributed by atoms with Gasteiger partial charge in [-0.25, -0.2) is 0 Å². The van der Waals surface area contributed by atoms with Gasteiger partial charge < -0.3 is 9.53 Å². The molecule has 13 heavy (non-hydrogen) atoms. The standard InChI is InChI=1S/C11H20O2/c1-3-4-6-11(2)8-10(9-12)5-7-13-11/h9-10H,3-8H2,1-2H3. The molecule has 0 N–H and O–H groups in total. The SMILES string of the molecule is CCCCC1(C)CC(C=O)CCO1. The zero-order chi connectivity index (χ0) is 9.73. The van der Waals surface area contributed by atoms with Crippen LogP contribution in [0.15, 0.2) is 0 Å². The molecular weight excluding hydrogens is 164 g/mol. The van der Waals surface area contributed by atoms with Crippen molar-refractivity contribution in [3.8, 4) is 0 Å². The molecule has 0 radical (unpaired) electrons. The lowest BCUT2D eigenvalue weighted by molar-refractivity contribution is -0.124. The molecule has 1 heterocycles. The molecule has 2 atom stereocenters. The quantitative estimate of drug-likeness (QED) is 0.628. The van der Waals surface area contributed by atoms with E-state index in [0.717, 1.165) is 32.2 Å². The second kappa shape index (κ2) is 4.75. The maximum atomic E-state index is 10.7. The maximum absolute atomic E-state index is 10.7. The fourth-order valence-electron chi connectivity index (χ4n) is 2.01. The first-order valence-corrected chi connectivity index (χ1v) is 5.29. The van der Waals surface area contributed by atoms with Crippen LogP contribution >= 0.6 is 0 Å². The minimum absolute atomic E-state index is 0.0279. The average molecular weight is 184 g/mol.